The predicted octanol–water partition coefficient (Wildman–Crippen LogP) is 22.2. The second-order valence-electron chi connectivity index (χ2n) is 30.1. The molecule has 0 atom stereocenters. The molecule has 0 aliphatic heterocycles. The van der Waals surface area contributed by atoms with Gasteiger partial charge in [-0.05, 0) is 184 Å². The van der Waals surface area contributed by atoms with Crippen molar-refractivity contribution in [2.24, 2.45) is 0 Å². The van der Waals surface area contributed by atoms with Crippen LogP contribution < -0.4 is 59.2 Å². The second kappa shape index (κ2) is 56.8. The van der Waals surface area contributed by atoms with Crippen LogP contribution in [0.4, 0.5) is 0 Å². The van der Waals surface area contributed by atoms with E-state index in [0.29, 0.717) is 110 Å². The lowest BCUT2D eigenvalue weighted by Crippen LogP contribution is -2.25. The zero-order valence-corrected chi connectivity index (χ0v) is 70.8. The molecule has 0 radical (unpaired) electrons. The van der Waals surface area contributed by atoms with Gasteiger partial charge in [0.25, 0.3) is 23.6 Å². The van der Waals surface area contributed by atoms with Gasteiger partial charge < -0.3 is 59.2 Å². The smallest absolute Gasteiger partial charge is 0.311 e. The number of unbranched alkanes of at least 4 members (excludes halogenated alkanes) is 22. The van der Waals surface area contributed by atoms with E-state index in [-0.39, 0.29) is 123 Å². The van der Waals surface area contributed by atoms with Crippen molar-refractivity contribution < 1.29 is 76.3 Å². The Kier molecular flexibility index (Phi) is 45.2. The fraction of sp³-hybridized carbons (Fsp3) is 0.420. The third-order valence-electron chi connectivity index (χ3n) is 20.0. The molecule has 0 aliphatic rings. The Morgan fingerprint density at radius 2 is 0.508 bits per heavy atom. The minimum absolute atomic E-state index is 0.0976. The molecule has 4 N–H and O–H groups in total. The first-order valence-corrected chi connectivity index (χ1v) is 43.3. The van der Waals surface area contributed by atoms with Gasteiger partial charge in [0.1, 0.15) is 59.2 Å². The van der Waals surface area contributed by atoms with E-state index in [2.05, 4.69) is 61.4 Å². The van der Waals surface area contributed by atoms with Gasteiger partial charge in [0.05, 0.1) is 13.2 Å². The summed E-state index contributed by atoms with van der Waals surface area (Å²) in [5.41, 5.74) is 4.65. The van der Waals surface area contributed by atoms with E-state index < -0.39 is 23.6 Å². The molecule has 0 heterocycles. The Labute approximate surface area is 711 Å². The summed E-state index contributed by atoms with van der Waals surface area (Å²) < 4.78 is 49.2. The molecule has 0 spiro atoms. The van der Waals surface area contributed by atoms with Crippen LogP contribution in [0.25, 0.3) is 0 Å². The third-order valence-corrected chi connectivity index (χ3v) is 20.0. The lowest BCUT2D eigenvalue weighted by atomic mass is 10.1. The largest absolute Gasteiger partial charge is 0.493 e. The number of ether oxygens (including phenoxy) is 8. The first-order valence-electron chi connectivity index (χ1n) is 43.3. The first kappa shape index (κ1) is 95.6. The van der Waals surface area contributed by atoms with E-state index >= 15 is 0 Å². The van der Waals surface area contributed by atoms with Crippen molar-refractivity contribution >= 4 is 47.5 Å². The molecule has 4 amide bonds. The normalized spacial score (nSPS) is 10.8. The van der Waals surface area contributed by atoms with Crippen LogP contribution in [0, 0.1) is 0 Å². The summed E-state index contributed by atoms with van der Waals surface area (Å²) >= 11 is 0. The van der Waals surface area contributed by atoms with Gasteiger partial charge in [-0.1, -0.05) is 202 Å². The molecule has 0 aliphatic carbocycles. The molecule has 0 bridgehead atoms. The van der Waals surface area contributed by atoms with E-state index in [4.69, 9.17) is 37.9 Å². The highest BCUT2D eigenvalue weighted by Crippen LogP contribution is 2.34. The maximum Gasteiger partial charge on any atom is 0.311 e. The first-order chi connectivity index (χ1) is 58.5. The Morgan fingerprint density at radius 1 is 0.275 bits per heavy atom. The monoisotopic (exact) mass is 1640 g/mol. The van der Waals surface area contributed by atoms with Crippen LogP contribution in [0.5, 0.6) is 46.0 Å². The molecule has 7 aromatic rings. The van der Waals surface area contributed by atoms with Crippen molar-refractivity contribution in [2.75, 3.05) is 13.2 Å². The van der Waals surface area contributed by atoms with Gasteiger partial charge in [-0.3, -0.25) is 38.4 Å². The Morgan fingerprint density at radius 3 is 0.742 bits per heavy atom. The number of hydrogen-bond acceptors (Lipinski definition) is 16. The zero-order chi connectivity index (χ0) is 85.6. The van der Waals surface area contributed by atoms with Crippen LogP contribution in [0.3, 0.4) is 0 Å². The summed E-state index contributed by atoms with van der Waals surface area (Å²) in [6, 6.07) is 40.5. The van der Waals surface area contributed by atoms with E-state index in [1.807, 2.05) is 12.1 Å². The van der Waals surface area contributed by atoms with Crippen molar-refractivity contribution in [3.63, 3.8) is 0 Å². The molecule has 120 heavy (non-hydrogen) atoms. The Balaban J connectivity index is 1.21. The maximum absolute atomic E-state index is 14.4. The average Bonchev–Trinajstić information content (AvgIpc) is 0.806. The average molecular weight is 1640 g/mol. The molecule has 0 aromatic heterocycles. The van der Waals surface area contributed by atoms with Crippen molar-refractivity contribution in [1.29, 1.82) is 0 Å². The molecule has 7 aromatic carbocycles. The number of carbonyl (C=O) groups is 8. The molecule has 0 fully saturated rings. The fourth-order valence-corrected chi connectivity index (χ4v) is 13.0. The van der Waals surface area contributed by atoms with Gasteiger partial charge >= 0.3 is 23.9 Å². The molecular weight excluding hydrogens is 1510 g/mol. The Hall–Kier alpha value is -11.5. The lowest BCUT2D eigenvalue weighted by Gasteiger charge is -2.19. The van der Waals surface area contributed by atoms with Gasteiger partial charge in [0.15, 0.2) is 0 Å². The molecule has 642 valence electrons. The molecule has 20 nitrogen and oxygen atoms in total. The molecule has 0 saturated heterocycles. The Bertz CT molecular complexity index is 3860. The summed E-state index contributed by atoms with van der Waals surface area (Å²) in [4.78, 5) is 108. The number of esters is 4. The summed E-state index contributed by atoms with van der Waals surface area (Å²) in [6.07, 6.45) is 35.8. The van der Waals surface area contributed by atoms with E-state index in [9.17, 15) is 38.4 Å². The number of amides is 4. The van der Waals surface area contributed by atoms with E-state index in [1.54, 1.807) is 146 Å². The molecule has 20 heteroatoms. The number of nitrogens with one attached hydrogen (secondary N) is 4. The van der Waals surface area contributed by atoms with Gasteiger partial charge in [0.2, 0.25) is 0 Å². The van der Waals surface area contributed by atoms with Crippen LogP contribution >= 0.6 is 0 Å². The highest BCUT2D eigenvalue weighted by molar-refractivity contribution is 6.01. The summed E-state index contributed by atoms with van der Waals surface area (Å²) in [7, 11) is 0. The van der Waals surface area contributed by atoms with Crippen molar-refractivity contribution in [3.8, 4) is 46.0 Å². The van der Waals surface area contributed by atoms with Crippen LogP contribution in [0.1, 0.15) is 294 Å². The predicted molar refractivity (Wildman–Crippen MR) is 472 cm³/mol. The number of carbonyl (C=O) groups excluding carboxylic acids is 8. The second-order valence-corrected chi connectivity index (χ2v) is 30.1. The van der Waals surface area contributed by atoms with Crippen molar-refractivity contribution in [2.45, 2.75) is 259 Å². The number of allylic oxidation sites excluding steroid dienone is 4. The van der Waals surface area contributed by atoms with Crippen molar-refractivity contribution in [1.82, 2.24) is 21.3 Å². The SMILES string of the molecule is C=CCCCC(=O)Oc1ccc(CNC(=O)c2cc(OCc3cc(OCCCCCCCCCCCC)c(COc4cc(C(=O)NCc5ccc(OC(=O)CCCC=C)cc5)cc(C(=O)NCc5ccc(OC(=O)CCCC=C)cc5)c4)cc3OCCCCCCCCCCCC)cc(C(=O)NCc3ccc(OC(=O)CCCC=C)cc3)c2)cc1. The topological polar surface area (TPSA) is 259 Å². The van der Waals surface area contributed by atoms with Gasteiger partial charge in [-0.2, -0.15) is 0 Å². The van der Waals surface area contributed by atoms with Gasteiger partial charge in [-0.15, -0.1) is 26.3 Å². The molecule has 0 unspecified atom stereocenters. The summed E-state index contributed by atoms with van der Waals surface area (Å²) in [6.45, 7) is 20.2. The minimum Gasteiger partial charge on any atom is -0.493 e. The minimum atomic E-state index is -0.495. The van der Waals surface area contributed by atoms with Crippen molar-refractivity contribution in [3.05, 3.63) is 252 Å². The van der Waals surface area contributed by atoms with Crippen LogP contribution in [0.2, 0.25) is 0 Å². The van der Waals surface area contributed by atoms with Gasteiger partial charge in [-0.25, -0.2) is 0 Å². The van der Waals surface area contributed by atoms with Gasteiger partial charge in [0, 0.05) is 85.2 Å². The van der Waals surface area contributed by atoms with Crippen LogP contribution in [-0.2, 0) is 58.6 Å². The van der Waals surface area contributed by atoms with Crippen LogP contribution in [-0.4, -0.2) is 60.7 Å². The van der Waals surface area contributed by atoms with Crippen LogP contribution in [0.15, 0.2) is 196 Å². The maximum atomic E-state index is 14.4. The number of hydrogen-bond donors (Lipinski definition) is 4. The quantitative estimate of drug-likeness (QED) is 0.0120. The van der Waals surface area contributed by atoms with E-state index in [0.717, 1.165) is 73.6 Å². The molecule has 0 saturated carbocycles. The number of benzene rings is 7. The standard InChI is InChI=1S/C100H126N4O16/c1-7-13-19-21-23-25-27-29-31-37-59-113-91-67-84(74-116-90-65-81(99(111)103-71-77-47-55-87(56-48-77)119-95(107)41-35-17-11-5)62-82(66-90)100(112)104-72-78-49-57-88(58-50-78)120-96(108)42-36-18-12-6)92(114-60-38-32-30-28-26-24-22-20-14-8-2)68-83(91)73-115-89-63-79(97(109)101-69-75-43-51-85(52-44-75)117-93(105)39-33-15-9-3)61-80(64-89)98(110)102-70-76-45-53-86(54-46-76)118-94(106)40-34-16-10-4/h9-12,43-58,61-68H,3-8,13-42,59-60,69-74H2,1-2H3,(H,101,109)(H,102,110)(H,103,111)(H,104,112). The summed E-state index contributed by atoms with van der Waals surface area (Å²) in [5, 5.41) is 11.9. The molecular formula is C100H126N4O16. The third kappa shape index (κ3) is 38.0. The highest BCUT2D eigenvalue weighted by Gasteiger charge is 2.22. The molecule has 7 rings (SSSR count). The number of rotatable bonds is 62. The van der Waals surface area contributed by atoms with E-state index in [1.165, 1.54) is 89.2 Å². The summed E-state index contributed by atoms with van der Waals surface area (Å²) in [5.74, 6) is -0.565. The zero-order valence-electron chi connectivity index (χ0n) is 70.8. The fourth-order valence-electron chi connectivity index (χ4n) is 13.0. The lowest BCUT2D eigenvalue weighted by molar-refractivity contribution is -0.135. The highest BCUT2D eigenvalue weighted by atomic mass is 16.5.